The maximum absolute atomic E-state index is 11.8. The number of primary sulfonamides is 1. The van der Waals surface area contributed by atoms with Gasteiger partial charge in [-0.2, -0.15) is 0 Å². The Kier molecular flexibility index (Phi) is 5.11. The van der Waals surface area contributed by atoms with Gasteiger partial charge in [0.05, 0.1) is 16.5 Å². The lowest BCUT2D eigenvalue weighted by atomic mass is 10.1. The van der Waals surface area contributed by atoms with Gasteiger partial charge in [0.2, 0.25) is 10.0 Å². The van der Waals surface area contributed by atoms with Gasteiger partial charge in [0.15, 0.2) is 5.69 Å². The Hall–Kier alpha value is -2.98. The van der Waals surface area contributed by atoms with Crippen LogP contribution in [0.3, 0.4) is 0 Å². The van der Waals surface area contributed by atoms with Gasteiger partial charge in [0.25, 0.3) is 0 Å². The lowest BCUT2D eigenvalue weighted by Gasteiger charge is -2.06. The van der Waals surface area contributed by atoms with Crippen molar-refractivity contribution in [1.82, 2.24) is 0 Å². The van der Waals surface area contributed by atoms with Crippen molar-refractivity contribution < 1.29 is 23.2 Å². The average Bonchev–Trinajstić information content (AvgIpc) is 2.52. The number of anilines is 1. The van der Waals surface area contributed by atoms with E-state index < -0.39 is 16.0 Å². The van der Waals surface area contributed by atoms with Crippen molar-refractivity contribution in [3.8, 4) is 0 Å². The van der Waals surface area contributed by atoms with E-state index in [2.05, 4.69) is 10.6 Å². The van der Waals surface area contributed by atoms with Crippen LogP contribution in [0.1, 0.15) is 5.56 Å². The van der Waals surface area contributed by atoms with Crippen molar-refractivity contribution in [2.75, 3.05) is 5.43 Å². The molecule has 0 saturated heterocycles. The number of hydrogen-bond donors (Lipinski definition) is 3. The van der Waals surface area contributed by atoms with Gasteiger partial charge < -0.3 is 10.3 Å². The standard InChI is InChI=1S/C14H14N4O5S/c15-24(22,23)13-7-3-11(4-8-13)16-17-18(21)12-5-1-10(2-6-12)9-14(19)20/h1-8,16H,9H2,(H,19,20)(H2,15,22,23)/b18-17-. The molecule has 0 amide bonds. The third-order valence-electron chi connectivity index (χ3n) is 2.97. The number of hydrogen-bond acceptors (Lipinski definition) is 5. The molecule has 0 aliphatic heterocycles. The number of nitrogens with two attached hydrogens (primary N) is 1. The smallest absolute Gasteiger partial charge is 0.307 e. The van der Waals surface area contributed by atoms with Crippen LogP contribution in [0.5, 0.6) is 0 Å². The van der Waals surface area contributed by atoms with Crippen LogP contribution in [-0.2, 0) is 21.2 Å². The lowest BCUT2D eigenvalue weighted by Crippen LogP contribution is -2.11. The van der Waals surface area contributed by atoms with Gasteiger partial charge in [0.1, 0.15) is 5.69 Å². The van der Waals surface area contributed by atoms with E-state index in [-0.39, 0.29) is 17.0 Å². The first-order valence-electron chi connectivity index (χ1n) is 6.63. The Balaban J connectivity index is 2.07. The number of carboxylic acids is 1. The lowest BCUT2D eigenvalue weighted by molar-refractivity contribution is -0.439. The Morgan fingerprint density at radius 2 is 1.75 bits per heavy atom. The van der Waals surface area contributed by atoms with E-state index in [1.807, 2.05) is 0 Å². The van der Waals surface area contributed by atoms with Crippen LogP contribution in [0, 0.1) is 5.21 Å². The van der Waals surface area contributed by atoms with Crippen LogP contribution in [0.25, 0.3) is 0 Å². The van der Waals surface area contributed by atoms with Gasteiger partial charge in [-0.1, -0.05) is 12.1 Å². The molecule has 0 aliphatic carbocycles. The number of nitrogens with one attached hydrogen (secondary N) is 1. The highest BCUT2D eigenvalue weighted by Crippen LogP contribution is 2.15. The fourth-order valence-corrected chi connectivity index (χ4v) is 2.31. The van der Waals surface area contributed by atoms with Crippen molar-refractivity contribution in [3.05, 3.63) is 59.3 Å². The molecule has 0 radical (unpaired) electrons. The molecule has 4 N–H and O–H groups in total. The van der Waals surface area contributed by atoms with Crippen LogP contribution in [-0.4, -0.2) is 24.4 Å². The first-order chi connectivity index (χ1) is 11.3. The molecule has 2 aromatic carbocycles. The summed E-state index contributed by atoms with van der Waals surface area (Å²) < 4.78 is 22.3. The minimum Gasteiger partial charge on any atom is -0.691 e. The second kappa shape index (κ2) is 7.06. The largest absolute Gasteiger partial charge is 0.691 e. The Morgan fingerprint density at radius 3 is 2.25 bits per heavy atom. The molecular weight excluding hydrogens is 336 g/mol. The van der Waals surface area contributed by atoms with E-state index in [1.54, 1.807) is 0 Å². The number of nitrogens with zero attached hydrogens (tertiary/aromatic N) is 2. The molecule has 0 bridgehead atoms. The number of sulfonamides is 1. The summed E-state index contributed by atoms with van der Waals surface area (Å²) in [5, 5.41) is 29.1. The normalized spacial score (nSPS) is 12.0. The summed E-state index contributed by atoms with van der Waals surface area (Å²) in [6, 6.07) is 11.3. The molecule has 0 aliphatic rings. The summed E-state index contributed by atoms with van der Waals surface area (Å²) in [6.45, 7) is 0. The maximum Gasteiger partial charge on any atom is 0.307 e. The molecular formula is C14H14N4O5S. The quantitative estimate of drug-likeness (QED) is 0.409. The topological polar surface area (TPSA) is 148 Å². The van der Waals surface area contributed by atoms with E-state index in [4.69, 9.17) is 10.2 Å². The molecule has 10 heteroatoms. The van der Waals surface area contributed by atoms with Gasteiger partial charge in [0, 0.05) is 0 Å². The van der Waals surface area contributed by atoms with Crippen molar-refractivity contribution in [2.45, 2.75) is 11.3 Å². The van der Waals surface area contributed by atoms with Crippen LogP contribution in [0.15, 0.2) is 58.6 Å². The highest BCUT2D eigenvalue weighted by Gasteiger charge is 2.08. The third kappa shape index (κ3) is 4.76. The zero-order valence-corrected chi connectivity index (χ0v) is 13.1. The van der Waals surface area contributed by atoms with Crippen LogP contribution < -0.4 is 10.6 Å². The predicted octanol–water partition coefficient (Wildman–Crippen LogP) is 1.58. The molecule has 0 unspecified atom stereocenters. The fraction of sp³-hybridized carbons (Fsp3) is 0.0714. The first kappa shape index (κ1) is 17.4. The first-order valence-corrected chi connectivity index (χ1v) is 8.18. The zero-order chi connectivity index (χ0) is 17.7. The highest BCUT2D eigenvalue weighted by atomic mass is 32.2. The molecule has 0 heterocycles. The van der Waals surface area contributed by atoms with Crippen molar-refractivity contribution in [3.63, 3.8) is 0 Å². The molecule has 0 atom stereocenters. The summed E-state index contributed by atoms with van der Waals surface area (Å²) >= 11 is 0. The van der Waals surface area contributed by atoms with Gasteiger partial charge in [-0.15, -0.1) is 10.3 Å². The summed E-state index contributed by atoms with van der Waals surface area (Å²) in [4.78, 5) is 10.8. The Labute approximate surface area is 137 Å². The molecule has 0 spiro atoms. The number of carbonyl (C=O) groups is 1. The second-order valence-corrected chi connectivity index (χ2v) is 6.35. The number of rotatable bonds is 6. The van der Waals surface area contributed by atoms with E-state index in [0.717, 1.165) is 0 Å². The third-order valence-corrected chi connectivity index (χ3v) is 3.89. The molecule has 24 heavy (non-hydrogen) atoms. The van der Waals surface area contributed by atoms with Gasteiger partial charge in [-0.25, -0.2) is 13.6 Å². The highest BCUT2D eigenvalue weighted by molar-refractivity contribution is 7.89. The zero-order valence-electron chi connectivity index (χ0n) is 12.3. The van der Waals surface area contributed by atoms with Gasteiger partial charge in [-0.3, -0.25) is 4.79 Å². The second-order valence-electron chi connectivity index (χ2n) is 4.79. The summed E-state index contributed by atoms with van der Waals surface area (Å²) in [5.74, 6) is -0.962. The monoisotopic (exact) mass is 350 g/mol. The van der Waals surface area contributed by atoms with E-state index in [0.29, 0.717) is 16.1 Å². The Bertz CT molecular complexity index is 861. The van der Waals surface area contributed by atoms with Crippen molar-refractivity contribution in [2.24, 2.45) is 10.4 Å². The average molecular weight is 350 g/mol. The SMILES string of the molecule is NS(=O)(=O)c1ccc(N/N=[N+](\[O-])c2ccc(CC(=O)O)cc2)cc1. The Morgan fingerprint density at radius 1 is 1.17 bits per heavy atom. The van der Waals surface area contributed by atoms with E-state index in [1.165, 1.54) is 48.5 Å². The van der Waals surface area contributed by atoms with Gasteiger partial charge in [-0.05, 0) is 42.0 Å². The van der Waals surface area contributed by atoms with Crippen molar-refractivity contribution >= 4 is 27.4 Å². The van der Waals surface area contributed by atoms with Crippen LogP contribution >= 0.6 is 0 Å². The van der Waals surface area contributed by atoms with Crippen molar-refractivity contribution in [1.29, 1.82) is 0 Å². The van der Waals surface area contributed by atoms with E-state index >= 15 is 0 Å². The number of carboxylic acid groups (broad SMARTS) is 1. The molecule has 0 aromatic heterocycles. The van der Waals surface area contributed by atoms with Gasteiger partial charge >= 0.3 is 5.97 Å². The molecule has 2 rings (SSSR count). The van der Waals surface area contributed by atoms with E-state index in [9.17, 15) is 18.4 Å². The minimum absolute atomic E-state index is 0.0546. The maximum atomic E-state index is 11.8. The molecule has 2 aromatic rings. The summed E-state index contributed by atoms with van der Waals surface area (Å²) in [5.41, 5.74) is 3.64. The molecule has 9 nitrogen and oxygen atoms in total. The fourth-order valence-electron chi connectivity index (χ4n) is 1.80. The molecule has 126 valence electrons. The summed E-state index contributed by atoms with van der Waals surface area (Å²) in [7, 11) is -3.78. The van der Waals surface area contributed by atoms with Crippen LogP contribution in [0.4, 0.5) is 11.4 Å². The predicted molar refractivity (Wildman–Crippen MR) is 84.9 cm³/mol. The summed E-state index contributed by atoms with van der Waals surface area (Å²) in [6.07, 6.45) is -0.134. The number of benzene rings is 2. The minimum atomic E-state index is -3.78. The number of aliphatic carboxylic acids is 1. The molecule has 0 saturated carbocycles. The molecule has 0 fully saturated rings. The van der Waals surface area contributed by atoms with Crippen LogP contribution in [0.2, 0.25) is 0 Å².